The molecule has 1 saturated carbocycles. The van der Waals surface area contributed by atoms with E-state index in [4.69, 9.17) is 0 Å². The smallest absolute Gasteiger partial charge is 0.234 e. The maximum atomic E-state index is 11.7. The van der Waals surface area contributed by atoms with Crippen LogP contribution < -0.4 is 10.6 Å². The quantitative estimate of drug-likeness (QED) is 0.816. The molecular formula is C15H30ClN3O. The number of likely N-dealkylation sites (N-methyl/N-ethyl adjacent to an activating group) is 1. The van der Waals surface area contributed by atoms with Crippen LogP contribution in [0.3, 0.4) is 0 Å². The van der Waals surface area contributed by atoms with Gasteiger partial charge in [0.15, 0.2) is 0 Å². The van der Waals surface area contributed by atoms with Crippen molar-refractivity contribution in [2.45, 2.75) is 56.9 Å². The average Bonchev–Trinajstić information content (AvgIpc) is 2.47. The lowest BCUT2D eigenvalue weighted by atomic mass is 9.79. The SMILES string of the molecule is CNCC(=O)NCC1(N2CCCCC2)CCCCC1.Cl. The van der Waals surface area contributed by atoms with Crippen molar-refractivity contribution < 1.29 is 4.79 Å². The number of piperidine rings is 1. The minimum Gasteiger partial charge on any atom is -0.353 e. The van der Waals surface area contributed by atoms with Crippen molar-refractivity contribution in [3.63, 3.8) is 0 Å². The van der Waals surface area contributed by atoms with Crippen LogP contribution in [0.25, 0.3) is 0 Å². The van der Waals surface area contributed by atoms with Crippen molar-refractivity contribution in [2.75, 3.05) is 33.2 Å². The molecule has 1 heterocycles. The molecule has 0 bridgehead atoms. The summed E-state index contributed by atoms with van der Waals surface area (Å²) in [5.74, 6) is 0.129. The van der Waals surface area contributed by atoms with E-state index in [1.807, 2.05) is 7.05 Å². The fraction of sp³-hybridized carbons (Fsp3) is 0.933. The Morgan fingerprint density at radius 2 is 1.65 bits per heavy atom. The molecule has 1 aliphatic carbocycles. The predicted molar refractivity (Wildman–Crippen MR) is 85.4 cm³/mol. The molecular weight excluding hydrogens is 274 g/mol. The van der Waals surface area contributed by atoms with E-state index in [1.165, 1.54) is 64.5 Å². The fourth-order valence-corrected chi connectivity index (χ4v) is 3.67. The van der Waals surface area contributed by atoms with Gasteiger partial charge in [0.2, 0.25) is 5.91 Å². The number of rotatable bonds is 5. The molecule has 0 aromatic heterocycles. The number of nitrogens with zero attached hydrogens (tertiary/aromatic N) is 1. The summed E-state index contributed by atoms with van der Waals surface area (Å²) in [6, 6.07) is 0. The Balaban J connectivity index is 0.00000200. The number of likely N-dealkylation sites (tertiary alicyclic amines) is 1. The fourth-order valence-electron chi connectivity index (χ4n) is 3.67. The molecule has 2 fully saturated rings. The summed E-state index contributed by atoms with van der Waals surface area (Å²) in [4.78, 5) is 14.4. The van der Waals surface area contributed by atoms with Gasteiger partial charge in [-0.2, -0.15) is 0 Å². The summed E-state index contributed by atoms with van der Waals surface area (Å²) in [5.41, 5.74) is 0.252. The van der Waals surface area contributed by atoms with Crippen LogP contribution in [0.15, 0.2) is 0 Å². The van der Waals surface area contributed by atoms with Gasteiger partial charge in [0.25, 0.3) is 0 Å². The Hall–Kier alpha value is -0.320. The topological polar surface area (TPSA) is 44.4 Å². The zero-order valence-electron chi connectivity index (χ0n) is 12.7. The molecule has 2 aliphatic rings. The monoisotopic (exact) mass is 303 g/mol. The molecule has 118 valence electrons. The third-order valence-electron chi connectivity index (χ3n) is 4.76. The molecule has 1 saturated heterocycles. The summed E-state index contributed by atoms with van der Waals surface area (Å²) in [6.45, 7) is 3.72. The highest BCUT2D eigenvalue weighted by atomic mass is 35.5. The van der Waals surface area contributed by atoms with Crippen LogP contribution >= 0.6 is 12.4 Å². The second kappa shape index (κ2) is 8.85. The van der Waals surface area contributed by atoms with E-state index in [0.717, 1.165) is 6.54 Å². The Kier molecular flexibility index (Phi) is 7.85. The van der Waals surface area contributed by atoms with Gasteiger partial charge in [0.1, 0.15) is 0 Å². The van der Waals surface area contributed by atoms with Crippen molar-refractivity contribution in [3.05, 3.63) is 0 Å². The highest BCUT2D eigenvalue weighted by Gasteiger charge is 2.38. The molecule has 20 heavy (non-hydrogen) atoms. The largest absolute Gasteiger partial charge is 0.353 e. The van der Waals surface area contributed by atoms with Crippen LogP contribution in [-0.2, 0) is 4.79 Å². The Bertz CT molecular complexity index is 287. The first-order chi connectivity index (χ1) is 9.27. The zero-order valence-corrected chi connectivity index (χ0v) is 13.6. The van der Waals surface area contributed by atoms with Crippen LogP contribution in [0.1, 0.15) is 51.4 Å². The first kappa shape index (κ1) is 17.7. The first-order valence-corrected chi connectivity index (χ1v) is 7.93. The van der Waals surface area contributed by atoms with Gasteiger partial charge in [-0.05, 0) is 45.8 Å². The van der Waals surface area contributed by atoms with E-state index in [2.05, 4.69) is 15.5 Å². The third kappa shape index (κ3) is 4.61. The second-order valence-corrected chi connectivity index (χ2v) is 6.14. The number of carbonyl (C=O) groups is 1. The molecule has 0 aromatic carbocycles. The number of hydrogen-bond acceptors (Lipinski definition) is 3. The summed E-state index contributed by atoms with van der Waals surface area (Å²) in [6.07, 6.45) is 10.5. The number of hydrogen-bond donors (Lipinski definition) is 2. The lowest BCUT2D eigenvalue weighted by Crippen LogP contribution is -2.58. The van der Waals surface area contributed by atoms with Gasteiger partial charge in [-0.3, -0.25) is 9.69 Å². The van der Waals surface area contributed by atoms with Crippen LogP contribution in [0.2, 0.25) is 0 Å². The second-order valence-electron chi connectivity index (χ2n) is 6.14. The minimum atomic E-state index is 0. The van der Waals surface area contributed by atoms with Gasteiger partial charge >= 0.3 is 0 Å². The van der Waals surface area contributed by atoms with Crippen molar-refractivity contribution in [1.29, 1.82) is 0 Å². The standard InChI is InChI=1S/C15H29N3O.ClH/c1-16-12-14(19)17-13-15(8-4-2-5-9-15)18-10-6-3-7-11-18;/h16H,2-13H2,1H3,(H,17,19);1H. The summed E-state index contributed by atoms with van der Waals surface area (Å²) in [5, 5.41) is 6.07. The number of amides is 1. The van der Waals surface area contributed by atoms with Crippen molar-refractivity contribution in [1.82, 2.24) is 15.5 Å². The maximum Gasteiger partial charge on any atom is 0.234 e. The number of halogens is 1. The molecule has 1 amide bonds. The van der Waals surface area contributed by atoms with Crippen LogP contribution in [0, 0.1) is 0 Å². The molecule has 0 aromatic rings. The molecule has 5 heteroatoms. The van der Waals surface area contributed by atoms with E-state index < -0.39 is 0 Å². The van der Waals surface area contributed by atoms with E-state index in [1.54, 1.807) is 0 Å². The molecule has 4 nitrogen and oxygen atoms in total. The van der Waals surface area contributed by atoms with Crippen molar-refractivity contribution in [3.8, 4) is 0 Å². The van der Waals surface area contributed by atoms with Crippen LogP contribution in [0.4, 0.5) is 0 Å². The number of nitrogens with one attached hydrogen (secondary N) is 2. The Morgan fingerprint density at radius 3 is 2.25 bits per heavy atom. The Morgan fingerprint density at radius 1 is 1.05 bits per heavy atom. The lowest BCUT2D eigenvalue weighted by molar-refractivity contribution is -0.121. The summed E-state index contributed by atoms with van der Waals surface area (Å²) >= 11 is 0. The third-order valence-corrected chi connectivity index (χ3v) is 4.76. The molecule has 0 unspecified atom stereocenters. The normalized spacial score (nSPS) is 22.9. The molecule has 0 spiro atoms. The molecule has 2 N–H and O–H groups in total. The zero-order chi connectivity index (χ0) is 13.6. The molecule has 0 radical (unpaired) electrons. The van der Waals surface area contributed by atoms with Crippen LogP contribution in [0.5, 0.6) is 0 Å². The highest BCUT2D eigenvalue weighted by Crippen LogP contribution is 2.35. The van der Waals surface area contributed by atoms with E-state index in [-0.39, 0.29) is 23.9 Å². The first-order valence-electron chi connectivity index (χ1n) is 7.93. The maximum absolute atomic E-state index is 11.7. The average molecular weight is 304 g/mol. The van der Waals surface area contributed by atoms with Crippen molar-refractivity contribution in [2.24, 2.45) is 0 Å². The van der Waals surface area contributed by atoms with Crippen molar-refractivity contribution >= 4 is 18.3 Å². The van der Waals surface area contributed by atoms with Gasteiger partial charge in [-0.25, -0.2) is 0 Å². The van der Waals surface area contributed by atoms with Crippen LogP contribution in [-0.4, -0.2) is 49.6 Å². The number of carbonyl (C=O) groups excluding carboxylic acids is 1. The van der Waals surface area contributed by atoms with Gasteiger partial charge in [0, 0.05) is 12.1 Å². The summed E-state index contributed by atoms with van der Waals surface area (Å²) < 4.78 is 0. The minimum absolute atomic E-state index is 0. The predicted octanol–water partition coefficient (Wildman–Crippen LogP) is 1.93. The van der Waals surface area contributed by atoms with Gasteiger partial charge in [-0.15, -0.1) is 12.4 Å². The molecule has 1 aliphatic heterocycles. The van der Waals surface area contributed by atoms with E-state index >= 15 is 0 Å². The molecule has 0 atom stereocenters. The van der Waals surface area contributed by atoms with Gasteiger partial charge in [0.05, 0.1) is 6.54 Å². The lowest BCUT2D eigenvalue weighted by Gasteiger charge is -2.48. The Labute approximate surface area is 129 Å². The van der Waals surface area contributed by atoms with Gasteiger partial charge < -0.3 is 10.6 Å². The highest BCUT2D eigenvalue weighted by molar-refractivity contribution is 5.85. The molecule has 2 rings (SSSR count). The van der Waals surface area contributed by atoms with E-state index in [0.29, 0.717) is 6.54 Å². The van der Waals surface area contributed by atoms with Gasteiger partial charge in [-0.1, -0.05) is 25.7 Å². The summed E-state index contributed by atoms with van der Waals surface area (Å²) in [7, 11) is 1.82. The van der Waals surface area contributed by atoms with E-state index in [9.17, 15) is 4.79 Å².